The fourth-order valence-electron chi connectivity index (χ4n) is 1.91. The minimum Gasteiger partial charge on any atom is -0.495 e. The third-order valence-electron chi connectivity index (χ3n) is 2.86. The van der Waals surface area contributed by atoms with Gasteiger partial charge in [0.05, 0.1) is 12.8 Å². The smallest absolute Gasteiger partial charge is 0.191 e. The van der Waals surface area contributed by atoms with E-state index in [1.54, 1.807) is 7.11 Å². The Morgan fingerprint density at radius 2 is 1.95 bits per heavy atom. The molecule has 0 aliphatic rings. The summed E-state index contributed by atoms with van der Waals surface area (Å²) in [5, 5.41) is 7.25. The van der Waals surface area contributed by atoms with Gasteiger partial charge in [0.2, 0.25) is 0 Å². The van der Waals surface area contributed by atoms with E-state index in [4.69, 9.17) is 4.74 Å². The fraction of sp³-hybridized carbons (Fsp3) is 0.333. The van der Waals surface area contributed by atoms with Gasteiger partial charge in [-0.3, -0.25) is 0 Å². The van der Waals surface area contributed by atoms with Crippen LogP contribution < -0.4 is 15.4 Å². The Morgan fingerprint density at radius 1 is 1.19 bits per heavy atom. The molecule has 0 fully saturated rings. The number of benzene rings is 1. The van der Waals surface area contributed by atoms with Crippen LogP contribution in [-0.4, -0.2) is 29.9 Å². The van der Waals surface area contributed by atoms with Gasteiger partial charge in [0.15, 0.2) is 5.16 Å². The summed E-state index contributed by atoms with van der Waals surface area (Å²) in [5.41, 5.74) is 2.05. The van der Waals surface area contributed by atoms with Gasteiger partial charge < -0.3 is 15.4 Å². The topological polar surface area (TPSA) is 59.1 Å². The number of nitrogens with one attached hydrogen (secondary N) is 2. The van der Waals surface area contributed by atoms with Crippen molar-refractivity contribution in [3.63, 3.8) is 0 Å². The third-order valence-corrected chi connectivity index (χ3v) is 3.41. The second kappa shape index (κ2) is 7.17. The molecule has 0 radical (unpaired) electrons. The van der Waals surface area contributed by atoms with Gasteiger partial charge in [-0.2, -0.15) is 0 Å². The summed E-state index contributed by atoms with van der Waals surface area (Å²) in [6.07, 6.45) is 1.96. The minimum absolute atomic E-state index is 0.725. The second-order valence-electron chi connectivity index (χ2n) is 4.48. The van der Waals surface area contributed by atoms with Gasteiger partial charge >= 0.3 is 0 Å². The first kappa shape index (κ1) is 15.4. The van der Waals surface area contributed by atoms with E-state index < -0.39 is 0 Å². The molecule has 1 aromatic heterocycles. The first-order valence-corrected chi connectivity index (χ1v) is 7.97. The first-order chi connectivity index (χ1) is 10.2. The van der Waals surface area contributed by atoms with Crippen molar-refractivity contribution in [2.45, 2.75) is 19.0 Å². The Hall–Kier alpha value is -1.95. The van der Waals surface area contributed by atoms with Crippen LogP contribution in [0.25, 0.3) is 0 Å². The highest BCUT2D eigenvalue weighted by Crippen LogP contribution is 2.29. The monoisotopic (exact) mass is 304 g/mol. The SMILES string of the molecule is CCNc1cc(Nc2cc(C)ccc2OC)nc(SC)n1. The van der Waals surface area contributed by atoms with Crippen LogP contribution in [-0.2, 0) is 0 Å². The van der Waals surface area contributed by atoms with E-state index in [0.717, 1.165) is 40.3 Å². The number of aromatic nitrogens is 2. The molecule has 112 valence electrons. The highest BCUT2D eigenvalue weighted by molar-refractivity contribution is 7.98. The lowest BCUT2D eigenvalue weighted by Gasteiger charge is -2.13. The Morgan fingerprint density at radius 3 is 2.62 bits per heavy atom. The van der Waals surface area contributed by atoms with Crippen LogP contribution in [0.3, 0.4) is 0 Å². The standard InChI is InChI=1S/C15H20N4OS/c1-5-16-13-9-14(19-15(18-13)21-4)17-11-8-10(2)6-7-12(11)20-3/h6-9H,5H2,1-4H3,(H2,16,17,18,19). The van der Waals surface area contributed by atoms with Crippen LogP contribution in [0.15, 0.2) is 29.4 Å². The number of hydrogen-bond acceptors (Lipinski definition) is 6. The number of rotatable bonds is 6. The maximum absolute atomic E-state index is 5.38. The zero-order valence-electron chi connectivity index (χ0n) is 12.7. The molecule has 0 unspecified atom stereocenters. The zero-order valence-corrected chi connectivity index (χ0v) is 13.5. The Balaban J connectivity index is 2.34. The molecule has 0 spiro atoms. The lowest BCUT2D eigenvalue weighted by atomic mass is 10.2. The van der Waals surface area contributed by atoms with Gasteiger partial charge in [0.1, 0.15) is 17.4 Å². The molecule has 2 aromatic rings. The molecule has 0 atom stereocenters. The molecular weight excluding hydrogens is 284 g/mol. The molecule has 0 saturated carbocycles. The molecule has 2 rings (SSSR count). The van der Waals surface area contributed by atoms with Crippen molar-refractivity contribution >= 4 is 29.1 Å². The summed E-state index contributed by atoms with van der Waals surface area (Å²) in [6.45, 7) is 4.90. The number of nitrogens with zero attached hydrogens (tertiary/aromatic N) is 2. The maximum Gasteiger partial charge on any atom is 0.191 e. The summed E-state index contributed by atoms with van der Waals surface area (Å²) in [4.78, 5) is 8.89. The van der Waals surface area contributed by atoms with E-state index in [1.165, 1.54) is 11.8 Å². The summed E-state index contributed by atoms with van der Waals surface area (Å²) in [5.74, 6) is 2.34. The van der Waals surface area contributed by atoms with Crippen molar-refractivity contribution in [1.82, 2.24) is 9.97 Å². The van der Waals surface area contributed by atoms with Crippen molar-refractivity contribution in [3.05, 3.63) is 29.8 Å². The normalized spacial score (nSPS) is 10.3. The van der Waals surface area contributed by atoms with Gasteiger partial charge in [-0.15, -0.1) is 0 Å². The van der Waals surface area contributed by atoms with Crippen LogP contribution in [0.2, 0.25) is 0 Å². The lowest BCUT2D eigenvalue weighted by molar-refractivity contribution is 0.416. The predicted octanol–water partition coefficient (Wildman–Crippen LogP) is 3.69. The highest BCUT2D eigenvalue weighted by Gasteiger charge is 2.07. The van der Waals surface area contributed by atoms with E-state index in [-0.39, 0.29) is 0 Å². The highest BCUT2D eigenvalue weighted by atomic mass is 32.2. The molecule has 6 heteroatoms. The average molecular weight is 304 g/mol. The van der Waals surface area contributed by atoms with Crippen molar-refractivity contribution in [3.8, 4) is 5.75 Å². The Bertz CT molecular complexity index is 619. The molecule has 0 amide bonds. The van der Waals surface area contributed by atoms with Gasteiger partial charge in [-0.05, 0) is 37.8 Å². The molecule has 0 aliphatic carbocycles. The lowest BCUT2D eigenvalue weighted by Crippen LogP contribution is -2.04. The maximum atomic E-state index is 5.38. The average Bonchev–Trinajstić information content (AvgIpc) is 2.47. The van der Waals surface area contributed by atoms with Crippen LogP contribution >= 0.6 is 11.8 Å². The summed E-state index contributed by atoms with van der Waals surface area (Å²) in [6, 6.07) is 7.89. The molecule has 0 aliphatic heterocycles. The van der Waals surface area contributed by atoms with E-state index in [9.17, 15) is 0 Å². The van der Waals surface area contributed by atoms with Crippen molar-refractivity contribution in [2.24, 2.45) is 0 Å². The number of hydrogen-bond donors (Lipinski definition) is 2. The number of thioether (sulfide) groups is 1. The quantitative estimate of drug-likeness (QED) is 0.627. The molecule has 2 N–H and O–H groups in total. The summed E-state index contributed by atoms with van der Waals surface area (Å²) < 4.78 is 5.38. The summed E-state index contributed by atoms with van der Waals surface area (Å²) in [7, 11) is 1.66. The second-order valence-corrected chi connectivity index (χ2v) is 5.26. The van der Waals surface area contributed by atoms with Gasteiger partial charge in [-0.25, -0.2) is 9.97 Å². The molecule has 5 nitrogen and oxygen atoms in total. The van der Waals surface area contributed by atoms with Crippen molar-refractivity contribution < 1.29 is 4.74 Å². The largest absolute Gasteiger partial charge is 0.495 e. The molecule has 1 aromatic carbocycles. The summed E-state index contributed by atoms with van der Waals surface area (Å²) >= 11 is 1.51. The first-order valence-electron chi connectivity index (χ1n) is 6.75. The fourth-order valence-corrected chi connectivity index (χ4v) is 2.29. The van der Waals surface area contributed by atoms with Gasteiger partial charge in [-0.1, -0.05) is 17.8 Å². The Kier molecular flexibility index (Phi) is 5.27. The van der Waals surface area contributed by atoms with Crippen molar-refractivity contribution in [1.29, 1.82) is 0 Å². The van der Waals surface area contributed by atoms with E-state index in [0.29, 0.717) is 0 Å². The van der Waals surface area contributed by atoms with Gasteiger partial charge in [0, 0.05) is 12.6 Å². The van der Waals surface area contributed by atoms with Crippen molar-refractivity contribution in [2.75, 3.05) is 30.5 Å². The van der Waals surface area contributed by atoms with Crippen LogP contribution in [0.4, 0.5) is 17.3 Å². The predicted molar refractivity (Wildman–Crippen MR) is 89.0 cm³/mol. The Labute approximate surface area is 129 Å². The molecule has 0 saturated heterocycles. The number of ether oxygens (including phenoxy) is 1. The van der Waals surface area contributed by atoms with Gasteiger partial charge in [0.25, 0.3) is 0 Å². The number of aryl methyl sites for hydroxylation is 1. The number of anilines is 3. The van der Waals surface area contributed by atoms with E-state index in [2.05, 4.69) is 20.6 Å². The molecule has 21 heavy (non-hydrogen) atoms. The molecule has 1 heterocycles. The van der Waals surface area contributed by atoms with Crippen LogP contribution in [0.1, 0.15) is 12.5 Å². The van der Waals surface area contributed by atoms with Crippen LogP contribution in [0.5, 0.6) is 5.75 Å². The third kappa shape index (κ3) is 4.01. The minimum atomic E-state index is 0.725. The molecular formula is C15H20N4OS. The molecule has 0 bridgehead atoms. The van der Waals surface area contributed by atoms with E-state index >= 15 is 0 Å². The van der Waals surface area contributed by atoms with E-state index in [1.807, 2.05) is 44.4 Å². The zero-order chi connectivity index (χ0) is 15.2. The van der Waals surface area contributed by atoms with Crippen LogP contribution in [0, 0.1) is 6.92 Å². The number of methoxy groups -OCH3 is 1.